The molecule has 3 rings (SSSR count). The van der Waals surface area contributed by atoms with Crippen molar-refractivity contribution in [1.82, 2.24) is 15.0 Å². The van der Waals surface area contributed by atoms with Gasteiger partial charge in [-0.3, -0.25) is 0 Å². The van der Waals surface area contributed by atoms with E-state index in [4.69, 9.17) is 5.26 Å². The Kier molecular flexibility index (Phi) is 2.73. The monoisotopic (exact) mass is 248 g/mol. The van der Waals surface area contributed by atoms with Crippen molar-refractivity contribution in [3.63, 3.8) is 0 Å². The molecule has 0 saturated heterocycles. The molecule has 0 bridgehead atoms. The van der Waals surface area contributed by atoms with Crippen LogP contribution in [0.3, 0.4) is 0 Å². The summed E-state index contributed by atoms with van der Waals surface area (Å²) in [6.07, 6.45) is 2.18. The molecule has 2 aromatic heterocycles. The van der Waals surface area contributed by atoms with Gasteiger partial charge < -0.3 is 4.98 Å². The summed E-state index contributed by atoms with van der Waals surface area (Å²) in [5.74, 6) is 0.572. The highest BCUT2D eigenvalue weighted by Crippen LogP contribution is 2.27. The summed E-state index contributed by atoms with van der Waals surface area (Å²) < 4.78 is 0. The molecule has 1 aromatic carbocycles. The number of nitriles is 1. The van der Waals surface area contributed by atoms with Gasteiger partial charge in [-0.15, -0.1) is 0 Å². The highest BCUT2D eigenvalue weighted by atomic mass is 14.9. The van der Waals surface area contributed by atoms with Crippen LogP contribution >= 0.6 is 0 Å². The standard InChI is InChI=1S/C15H12N4/c1-10-8-14(19-15(18-10)6-7-16)12-9-17-13-5-3-2-4-11(12)13/h2-5,8-9,17H,6H2,1H3. The number of H-pyrrole nitrogens is 1. The van der Waals surface area contributed by atoms with Gasteiger partial charge in [0.15, 0.2) is 0 Å². The minimum atomic E-state index is 0.233. The Hall–Kier alpha value is -2.67. The van der Waals surface area contributed by atoms with E-state index in [0.717, 1.165) is 27.9 Å². The van der Waals surface area contributed by atoms with Crippen molar-refractivity contribution in [2.45, 2.75) is 13.3 Å². The van der Waals surface area contributed by atoms with Gasteiger partial charge in [-0.25, -0.2) is 9.97 Å². The number of rotatable bonds is 2. The molecule has 2 heterocycles. The Morgan fingerprint density at radius 2 is 2.11 bits per heavy atom. The van der Waals surface area contributed by atoms with Crippen molar-refractivity contribution in [2.75, 3.05) is 0 Å². The molecule has 0 unspecified atom stereocenters. The van der Waals surface area contributed by atoms with E-state index in [2.05, 4.69) is 27.1 Å². The maximum Gasteiger partial charge on any atom is 0.143 e. The number of fused-ring (bicyclic) bond motifs is 1. The number of hydrogen-bond donors (Lipinski definition) is 1. The Morgan fingerprint density at radius 3 is 2.95 bits per heavy atom. The molecular weight excluding hydrogens is 236 g/mol. The van der Waals surface area contributed by atoms with Crippen LogP contribution in [0.15, 0.2) is 36.5 Å². The molecule has 0 fully saturated rings. The van der Waals surface area contributed by atoms with E-state index in [1.165, 1.54) is 0 Å². The topological polar surface area (TPSA) is 65.4 Å². The van der Waals surface area contributed by atoms with E-state index in [1.54, 1.807) is 0 Å². The van der Waals surface area contributed by atoms with Crippen molar-refractivity contribution >= 4 is 10.9 Å². The van der Waals surface area contributed by atoms with E-state index in [1.807, 2.05) is 37.4 Å². The summed E-state index contributed by atoms with van der Waals surface area (Å²) >= 11 is 0. The van der Waals surface area contributed by atoms with Crippen molar-refractivity contribution in [3.05, 3.63) is 48.0 Å². The lowest BCUT2D eigenvalue weighted by Gasteiger charge is -2.03. The van der Waals surface area contributed by atoms with Crippen LogP contribution in [0.4, 0.5) is 0 Å². The molecule has 0 atom stereocenters. The molecule has 19 heavy (non-hydrogen) atoms. The van der Waals surface area contributed by atoms with Gasteiger partial charge in [0.05, 0.1) is 18.2 Å². The van der Waals surface area contributed by atoms with Crippen molar-refractivity contribution in [2.24, 2.45) is 0 Å². The molecule has 0 aliphatic carbocycles. The van der Waals surface area contributed by atoms with Crippen LogP contribution in [-0.2, 0) is 6.42 Å². The quantitative estimate of drug-likeness (QED) is 0.758. The van der Waals surface area contributed by atoms with Gasteiger partial charge in [0.2, 0.25) is 0 Å². The Balaban J connectivity index is 2.19. The number of nitrogens with zero attached hydrogens (tertiary/aromatic N) is 3. The van der Waals surface area contributed by atoms with Gasteiger partial charge >= 0.3 is 0 Å². The highest BCUT2D eigenvalue weighted by Gasteiger charge is 2.09. The van der Waals surface area contributed by atoms with Crippen LogP contribution in [0, 0.1) is 18.3 Å². The fourth-order valence-corrected chi connectivity index (χ4v) is 2.20. The summed E-state index contributed by atoms with van der Waals surface area (Å²) in [7, 11) is 0. The number of aryl methyl sites for hydroxylation is 1. The zero-order valence-corrected chi connectivity index (χ0v) is 10.5. The highest BCUT2D eigenvalue weighted by molar-refractivity contribution is 5.94. The second-order valence-corrected chi connectivity index (χ2v) is 4.39. The molecule has 4 nitrogen and oxygen atoms in total. The molecular formula is C15H12N4. The van der Waals surface area contributed by atoms with Crippen LogP contribution in [0.2, 0.25) is 0 Å². The lowest BCUT2D eigenvalue weighted by molar-refractivity contribution is 0.969. The number of hydrogen-bond acceptors (Lipinski definition) is 3. The predicted molar refractivity (Wildman–Crippen MR) is 73.4 cm³/mol. The Labute approximate surface area is 110 Å². The molecule has 0 saturated carbocycles. The first kappa shape index (κ1) is 11.4. The van der Waals surface area contributed by atoms with Crippen LogP contribution < -0.4 is 0 Å². The lowest BCUT2D eigenvalue weighted by Crippen LogP contribution is -1.97. The lowest BCUT2D eigenvalue weighted by atomic mass is 10.1. The number of aromatic nitrogens is 3. The zero-order valence-electron chi connectivity index (χ0n) is 10.5. The molecule has 0 radical (unpaired) electrons. The largest absolute Gasteiger partial charge is 0.360 e. The van der Waals surface area contributed by atoms with Crippen molar-refractivity contribution < 1.29 is 0 Å². The van der Waals surface area contributed by atoms with Crippen molar-refractivity contribution in [1.29, 1.82) is 5.26 Å². The van der Waals surface area contributed by atoms with E-state index in [9.17, 15) is 0 Å². The van der Waals surface area contributed by atoms with Gasteiger partial charge in [-0.2, -0.15) is 5.26 Å². The summed E-state index contributed by atoms with van der Waals surface area (Å²) in [5, 5.41) is 9.90. The van der Waals surface area contributed by atoms with Gasteiger partial charge in [0.1, 0.15) is 5.82 Å². The molecule has 1 N–H and O–H groups in total. The van der Waals surface area contributed by atoms with Crippen molar-refractivity contribution in [3.8, 4) is 17.3 Å². The molecule has 0 aliphatic rings. The van der Waals surface area contributed by atoms with Gasteiger partial charge in [0, 0.05) is 28.4 Å². The minimum absolute atomic E-state index is 0.233. The molecule has 92 valence electrons. The molecule has 0 aliphatic heterocycles. The smallest absolute Gasteiger partial charge is 0.143 e. The number of para-hydroxylation sites is 1. The summed E-state index contributed by atoms with van der Waals surface area (Å²) in [6.45, 7) is 1.92. The zero-order chi connectivity index (χ0) is 13.2. The van der Waals surface area contributed by atoms with E-state index >= 15 is 0 Å². The average Bonchev–Trinajstić information content (AvgIpc) is 2.82. The van der Waals surface area contributed by atoms with Gasteiger partial charge in [0.25, 0.3) is 0 Å². The second-order valence-electron chi connectivity index (χ2n) is 4.39. The van der Waals surface area contributed by atoms with Gasteiger partial charge in [-0.1, -0.05) is 18.2 Å². The van der Waals surface area contributed by atoms with Crippen LogP contribution in [0.5, 0.6) is 0 Å². The molecule has 0 spiro atoms. The third-order valence-corrected chi connectivity index (χ3v) is 3.00. The summed E-state index contributed by atoms with van der Waals surface area (Å²) in [6, 6.07) is 12.1. The second kappa shape index (κ2) is 4.54. The fraction of sp³-hybridized carbons (Fsp3) is 0.133. The minimum Gasteiger partial charge on any atom is -0.360 e. The SMILES string of the molecule is Cc1cc(-c2c[nH]c3ccccc23)nc(CC#N)n1. The number of aromatic amines is 1. The predicted octanol–water partition coefficient (Wildman–Crippen LogP) is 3.00. The average molecular weight is 248 g/mol. The summed E-state index contributed by atoms with van der Waals surface area (Å²) in [4.78, 5) is 12.0. The number of nitrogens with one attached hydrogen (secondary N) is 1. The Bertz CT molecular complexity index is 780. The van der Waals surface area contributed by atoms with Crippen LogP contribution in [-0.4, -0.2) is 15.0 Å². The fourth-order valence-electron chi connectivity index (χ4n) is 2.20. The first-order chi connectivity index (χ1) is 9.28. The Morgan fingerprint density at radius 1 is 1.26 bits per heavy atom. The van der Waals surface area contributed by atoms with E-state index < -0.39 is 0 Å². The first-order valence-electron chi connectivity index (χ1n) is 6.06. The maximum atomic E-state index is 8.77. The number of benzene rings is 1. The van der Waals surface area contributed by atoms with Crippen LogP contribution in [0.25, 0.3) is 22.2 Å². The first-order valence-corrected chi connectivity index (χ1v) is 6.06. The van der Waals surface area contributed by atoms with E-state index in [0.29, 0.717) is 5.82 Å². The normalized spacial score (nSPS) is 10.5. The maximum absolute atomic E-state index is 8.77. The third kappa shape index (κ3) is 2.06. The molecule has 3 aromatic rings. The van der Waals surface area contributed by atoms with Gasteiger partial charge in [-0.05, 0) is 19.1 Å². The third-order valence-electron chi connectivity index (χ3n) is 3.00. The molecule has 0 amide bonds. The molecule has 4 heteroatoms. The van der Waals surface area contributed by atoms with Crippen LogP contribution in [0.1, 0.15) is 11.5 Å². The van der Waals surface area contributed by atoms with E-state index in [-0.39, 0.29) is 6.42 Å². The summed E-state index contributed by atoms with van der Waals surface area (Å²) in [5.41, 5.74) is 3.85.